The van der Waals surface area contributed by atoms with Crippen LogP contribution in [0.3, 0.4) is 0 Å². The molecule has 1 rings (SSSR count). The number of hydrogen-bond acceptors (Lipinski definition) is 1. The van der Waals surface area contributed by atoms with Gasteiger partial charge in [0.1, 0.15) is 10.9 Å². The van der Waals surface area contributed by atoms with E-state index in [4.69, 9.17) is 34.8 Å². The zero-order valence-electron chi connectivity index (χ0n) is 7.55. The fourth-order valence-corrected chi connectivity index (χ4v) is 1.03. The molecule has 17 heavy (non-hydrogen) atoms. The molecule has 94 valence electrons. The van der Waals surface area contributed by atoms with Crippen molar-refractivity contribution in [3.8, 4) is 0 Å². The van der Waals surface area contributed by atoms with Crippen LogP contribution in [0.15, 0.2) is 4.99 Å². The third-order valence-electron chi connectivity index (χ3n) is 1.59. The lowest BCUT2D eigenvalue weighted by atomic mass is 10.2. The number of benzene rings is 1. The molecule has 0 unspecified atom stereocenters. The highest BCUT2D eigenvalue weighted by molar-refractivity contribution is 6.77. The van der Waals surface area contributed by atoms with Gasteiger partial charge in [-0.1, -0.05) is 34.8 Å². The molecule has 0 fully saturated rings. The Kier molecular flexibility index (Phi) is 4.57. The topological polar surface area (TPSA) is 12.4 Å². The van der Waals surface area contributed by atoms with E-state index in [0.717, 1.165) is 0 Å². The summed E-state index contributed by atoms with van der Waals surface area (Å²) < 4.78 is 64.2. The molecule has 0 heterocycles. The van der Waals surface area contributed by atoms with Gasteiger partial charge in [0.05, 0.1) is 0 Å². The van der Waals surface area contributed by atoms with Crippen LogP contribution in [0, 0.1) is 29.1 Å². The minimum atomic E-state index is -2.29. The van der Waals surface area contributed by atoms with Crippen molar-refractivity contribution in [2.24, 2.45) is 4.99 Å². The number of aliphatic imine (C=N–C) groups is 1. The fourth-order valence-electron chi connectivity index (χ4n) is 0.847. The second-order valence-corrected chi connectivity index (χ2v) is 4.14. The summed E-state index contributed by atoms with van der Waals surface area (Å²) in [5, 5.41) is -0.725. The zero-order valence-corrected chi connectivity index (χ0v) is 9.82. The first kappa shape index (κ1) is 14.5. The van der Waals surface area contributed by atoms with Crippen molar-refractivity contribution in [1.29, 1.82) is 0 Å². The number of rotatable bonds is 2. The largest absolute Gasteiger partial charge is 0.232 e. The molecule has 0 amide bonds. The average molecular weight is 312 g/mol. The number of nitrogens with zero attached hydrogens (tertiary/aromatic N) is 1. The quantitative estimate of drug-likeness (QED) is 0.251. The minimum absolute atomic E-state index is 0.725. The first-order chi connectivity index (χ1) is 7.77. The van der Waals surface area contributed by atoms with Crippen molar-refractivity contribution < 1.29 is 22.0 Å². The normalized spacial score (nSPS) is 12.4. The molecular weight excluding hydrogens is 311 g/mol. The Hall–Kier alpha value is -0.590. The van der Waals surface area contributed by atoms with Gasteiger partial charge in [-0.2, -0.15) is 0 Å². The van der Waals surface area contributed by atoms with Crippen LogP contribution in [0.5, 0.6) is 0 Å². The highest BCUT2D eigenvalue weighted by Crippen LogP contribution is 2.30. The Balaban J connectivity index is 3.50. The molecule has 0 radical (unpaired) electrons. The van der Waals surface area contributed by atoms with Crippen LogP contribution in [0.1, 0.15) is 0 Å². The first-order valence-electron chi connectivity index (χ1n) is 3.81. The fraction of sp³-hybridized carbons (Fsp3) is 0.125. The van der Waals surface area contributed by atoms with Gasteiger partial charge in [-0.25, -0.2) is 26.9 Å². The minimum Gasteiger partial charge on any atom is -0.232 e. The van der Waals surface area contributed by atoms with E-state index in [1.165, 1.54) is 0 Å². The van der Waals surface area contributed by atoms with Gasteiger partial charge in [0, 0.05) is 0 Å². The van der Waals surface area contributed by atoms with Gasteiger partial charge in [-0.3, -0.25) is 0 Å². The molecule has 0 aliphatic carbocycles. The molecule has 0 aliphatic heterocycles. The van der Waals surface area contributed by atoms with Crippen molar-refractivity contribution in [2.75, 3.05) is 0 Å². The Labute approximate surface area is 107 Å². The van der Waals surface area contributed by atoms with Gasteiger partial charge >= 0.3 is 0 Å². The Morgan fingerprint density at radius 2 is 1.18 bits per heavy atom. The van der Waals surface area contributed by atoms with Gasteiger partial charge in [0.2, 0.25) is 5.82 Å². The summed E-state index contributed by atoms with van der Waals surface area (Å²) in [6.07, 6.45) is 0. The van der Waals surface area contributed by atoms with Crippen LogP contribution in [-0.4, -0.2) is 10.0 Å². The third-order valence-corrected chi connectivity index (χ3v) is 2.52. The Morgan fingerprint density at radius 1 is 0.824 bits per heavy atom. The summed E-state index contributed by atoms with van der Waals surface area (Å²) in [6.45, 7) is 0. The number of halogens is 8. The van der Waals surface area contributed by atoms with E-state index in [-0.39, 0.29) is 0 Å². The molecule has 0 aliphatic rings. The summed E-state index contributed by atoms with van der Waals surface area (Å²) in [6, 6.07) is 0. The lowest BCUT2D eigenvalue weighted by molar-refractivity contribution is 0.381. The average Bonchev–Trinajstić information content (AvgIpc) is 2.29. The molecule has 1 aromatic carbocycles. The second kappa shape index (κ2) is 5.37. The summed E-state index contributed by atoms with van der Waals surface area (Å²) in [5.41, 5.74) is -1.45. The van der Waals surface area contributed by atoms with Gasteiger partial charge in [-0.05, 0) is 0 Å². The molecule has 0 saturated heterocycles. The Bertz CT molecular complexity index is 460. The molecule has 0 aromatic heterocycles. The van der Waals surface area contributed by atoms with Gasteiger partial charge in [0.25, 0.3) is 0 Å². The van der Waals surface area contributed by atoms with Crippen LogP contribution < -0.4 is 0 Å². The van der Waals surface area contributed by atoms with Gasteiger partial charge in [0.15, 0.2) is 28.1 Å². The highest BCUT2D eigenvalue weighted by atomic mass is 35.5. The predicted octanol–water partition coefficient (Wildman–Crippen LogP) is 4.45. The number of hydrogen-bond donors (Lipinski definition) is 0. The monoisotopic (exact) mass is 311 g/mol. The third kappa shape index (κ3) is 2.81. The van der Waals surface area contributed by atoms with Gasteiger partial charge < -0.3 is 0 Å². The molecular formula is C8HCl3F5N. The molecule has 0 bridgehead atoms. The molecule has 1 aromatic rings. The smallest absolute Gasteiger partial charge is 0.200 e. The lowest BCUT2D eigenvalue weighted by Crippen LogP contribution is -2.04. The first-order valence-corrected chi connectivity index (χ1v) is 5.06. The maximum Gasteiger partial charge on any atom is 0.200 e. The summed E-state index contributed by atoms with van der Waals surface area (Å²) in [7, 11) is 0. The van der Waals surface area contributed by atoms with Crippen LogP contribution >= 0.6 is 34.8 Å². The van der Waals surface area contributed by atoms with E-state index in [1.807, 2.05) is 0 Å². The Morgan fingerprint density at radius 3 is 1.53 bits per heavy atom. The second-order valence-electron chi connectivity index (χ2n) is 2.65. The standard InChI is InChI=1S/C8HCl3F5N/c9-7(10)8(11)17-6-4(15)2(13)1(12)3(14)5(6)16/h7H. The summed E-state index contributed by atoms with van der Waals surface area (Å²) in [5.74, 6) is -10.8. The van der Waals surface area contributed by atoms with E-state index in [1.54, 1.807) is 0 Å². The zero-order chi connectivity index (χ0) is 13.3. The van der Waals surface area contributed by atoms with Crippen LogP contribution in [0.2, 0.25) is 0 Å². The molecule has 0 atom stereocenters. The van der Waals surface area contributed by atoms with E-state index in [9.17, 15) is 22.0 Å². The predicted molar refractivity (Wildman–Crippen MR) is 54.7 cm³/mol. The van der Waals surface area contributed by atoms with Crippen molar-refractivity contribution in [2.45, 2.75) is 4.84 Å². The van der Waals surface area contributed by atoms with Crippen molar-refractivity contribution >= 4 is 45.7 Å². The molecule has 0 saturated carbocycles. The van der Waals surface area contributed by atoms with Crippen molar-refractivity contribution in [3.63, 3.8) is 0 Å². The van der Waals surface area contributed by atoms with E-state index in [2.05, 4.69) is 4.99 Å². The maximum atomic E-state index is 13.1. The van der Waals surface area contributed by atoms with E-state index in [0.29, 0.717) is 0 Å². The van der Waals surface area contributed by atoms with E-state index >= 15 is 0 Å². The van der Waals surface area contributed by atoms with Crippen LogP contribution in [-0.2, 0) is 0 Å². The SMILES string of the molecule is Fc1c(F)c(F)c(N=C(Cl)C(Cl)Cl)c(F)c1F. The van der Waals surface area contributed by atoms with E-state index < -0.39 is 44.8 Å². The van der Waals surface area contributed by atoms with Crippen LogP contribution in [0.4, 0.5) is 27.6 Å². The molecule has 0 spiro atoms. The lowest BCUT2D eigenvalue weighted by Gasteiger charge is -2.05. The van der Waals surface area contributed by atoms with Crippen LogP contribution in [0.25, 0.3) is 0 Å². The highest BCUT2D eigenvalue weighted by Gasteiger charge is 2.26. The summed E-state index contributed by atoms with van der Waals surface area (Å²) in [4.78, 5) is 1.49. The summed E-state index contributed by atoms with van der Waals surface area (Å²) >= 11 is 15.6. The molecule has 0 N–H and O–H groups in total. The van der Waals surface area contributed by atoms with Gasteiger partial charge in [-0.15, -0.1) is 0 Å². The molecule has 9 heteroatoms. The van der Waals surface area contributed by atoms with Crippen molar-refractivity contribution in [3.05, 3.63) is 29.1 Å². The number of alkyl halides is 2. The van der Waals surface area contributed by atoms with Crippen molar-refractivity contribution in [1.82, 2.24) is 0 Å². The maximum absolute atomic E-state index is 13.1. The molecule has 1 nitrogen and oxygen atoms in total.